The molecule has 0 saturated carbocycles. The maximum Gasteiger partial charge on any atom is 0.332 e. The highest BCUT2D eigenvalue weighted by atomic mass is 35.5. The Morgan fingerprint density at radius 2 is 1.83 bits per heavy atom. The summed E-state index contributed by atoms with van der Waals surface area (Å²) in [6.07, 6.45) is -0.322. The highest BCUT2D eigenvalue weighted by Crippen LogP contribution is 2.21. The Kier molecular flexibility index (Phi) is 4.29. The lowest BCUT2D eigenvalue weighted by Gasteiger charge is -2.12. The topological polar surface area (TPSA) is 82.0 Å². The van der Waals surface area contributed by atoms with Gasteiger partial charge in [-0.25, -0.2) is 4.79 Å². The van der Waals surface area contributed by atoms with Crippen molar-refractivity contribution in [2.75, 3.05) is 0 Å². The number of aromatic nitrogens is 4. The first-order valence-electron chi connectivity index (χ1n) is 7.46. The van der Waals surface area contributed by atoms with Crippen LogP contribution in [0.1, 0.15) is 18.1 Å². The maximum atomic E-state index is 12.4. The van der Waals surface area contributed by atoms with Gasteiger partial charge in [0.2, 0.25) is 5.28 Å². The van der Waals surface area contributed by atoms with E-state index in [1.165, 1.54) is 23.2 Å². The van der Waals surface area contributed by atoms with E-state index in [0.717, 1.165) is 10.1 Å². The van der Waals surface area contributed by atoms with Gasteiger partial charge in [-0.2, -0.15) is 4.98 Å². The van der Waals surface area contributed by atoms with Crippen molar-refractivity contribution in [3.05, 3.63) is 62.0 Å². The van der Waals surface area contributed by atoms with Crippen molar-refractivity contribution in [2.24, 2.45) is 14.1 Å². The molecule has 2 heterocycles. The van der Waals surface area contributed by atoms with E-state index in [0.29, 0.717) is 13.0 Å². The van der Waals surface area contributed by atoms with Crippen LogP contribution in [0.15, 0.2) is 39.9 Å². The maximum absolute atomic E-state index is 12.4. The molecule has 2 aromatic heterocycles. The summed E-state index contributed by atoms with van der Waals surface area (Å²) in [6, 6.07) is 9.25. The van der Waals surface area contributed by atoms with Gasteiger partial charge in [-0.3, -0.25) is 13.9 Å². The fourth-order valence-electron chi connectivity index (χ4n) is 2.72. The quantitative estimate of drug-likeness (QED) is 0.718. The summed E-state index contributed by atoms with van der Waals surface area (Å²) >= 11 is 6.15. The van der Waals surface area contributed by atoms with E-state index in [-0.39, 0.29) is 16.4 Å². The second-order valence-electron chi connectivity index (χ2n) is 5.63. The minimum Gasteiger partial charge on any atom is -0.388 e. The molecule has 3 rings (SSSR count). The summed E-state index contributed by atoms with van der Waals surface area (Å²) in [5, 5.41) is 10.4. The lowest BCUT2D eigenvalue weighted by Crippen LogP contribution is -2.37. The van der Waals surface area contributed by atoms with Gasteiger partial charge in [0.05, 0.1) is 6.10 Å². The molecule has 0 aliphatic heterocycles. The summed E-state index contributed by atoms with van der Waals surface area (Å²) in [5.41, 5.74) is 0.366. The molecule has 0 radical (unpaired) electrons. The van der Waals surface area contributed by atoms with E-state index in [1.54, 1.807) is 0 Å². The van der Waals surface area contributed by atoms with Gasteiger partial charge in [0.25, 0.3) is 5.56 Å². The number of imidazole rings is 1. The van der Waals surface area contributed by atoms with Crippen LogP contribution in [0.25, 0.3) is 11.2 Å². The molecule has 0 spiro atoms. The SMILES string of the molecule is Cn1c(=O)c2c(nc(Cl)n2CC[C@H](O)c2ccccc2)n(C)c1=O. The van der Waals surface area contributed by atoms with Crippen molar-refractivity contribution in [1.29, 1.82) is 0 Å². The molecule has 7 nitrogen and oxygen atoms in total. The molecule has 0 amide bonds. The Morgan fingerprint density at radius 3 is 2.50 bits per heavy atom. The fourth-order valence-corrected chi connectivity index (χ4v) is 2.97. The standard InChI is InChI=1S/C16H17ClN4O3/c1-19-13-12(14(23)20(2)16(19)24)21(15(17)18-13)9-8-11(22)10-6-4-3-5-7-10/h3-7,11,22H,8-9H2,1-2H3/t11-/m0/s1. The van der Waals surface area contributed by atoms with Gasteiger partial charge < -0.3 is 9.67 Å². The molecular weight excluding hydrogens is 332 g/mol. The van der Waals surface area contributed by atoms with Crippen molar-refractivity contribution < 1.29 is 5.11 Å². The van der Waals surface area contributed by atoms with Crippen molar-refractivity contribution in [1.82, 2.24) is 18.7 Å². The van der Waals surface area contributed by atoms with Gasteiger partial charge in [-0.1, -0.05) is 30.3 Å². The third-order valence-electron chi connectivity index (χ3n) is 4.11. The van der Waals surface area contributed by atoms with Crippen molar-refractivity contribution in [3.8, 4) is 0 Å². The molecule has 1 atom stereocenters. The molecule has 1 N–H and O–H groups in total. The number of halogens is 1. The van der Waals surface area contributed by atoms with Crippen LogP contribution in [-0.2, 0) is 20.6 Å². The number of benzene rings is 1. The number of rotatable bonds is 4. The lowest BCUT2D eigenvalue weighted by atomic mass is 10.1. The first-order chi connectivity index (χ1) is 11.4. The number of hydrogen-bond acceptors (Lipinski definition) is 4. The number of hydrogen-bond donors (Lipinski definition) is 1. The average Bonchev–Trinajstić information content (AvgIpc) is 2.93. The number of aliphatic hydroxyl groups excluding tert-OH is 1. The van der Waals surface area contributed by atoms with Gasteiger partial charge in [0.1, 0.15) is 0 Å². The zero-order valence-corrected chi connectivity index (χ0v) is 14.1. The Hall–Kier alpha value is -2.38. The summed E-state index contributed by atoms with van der Waals surface area (Å²) in [7, 11) is 2.95. The summed E-state index contributed by atoms with van der Waals surface area (Å²) in [5.74, 6) is 0. The summed E-state index contributed by atoms with van der Waals surface area (Å²) in [6.45, 7) is 0.304. The molecule has 0 unspecified atom stereocenters. The number of aliphatic hydroxyl groups is 1. The highest BCUT2D eigenvalue weighted by molar-refractivity contribution is 6.29. The third-order valence-corrected chi connectivity index (χ3v) is 4.40. The van der Waals surface area contributed by atoms with E-state index in [1.807, 2.05) is 30.3 Å². The zero-order chi connectivity index (χ0) is 17.4. The first kappa shape index (κ1) is 16.5. The van der Waals surface area contributed by atoms with Crippen LogP contribution in [0.3, 0.4) is 0 Å². The second kappa shape index (κ2) is 6.26. The van der Waals surface area contributed by atoms with Crippen LogP contribution in [0.2, 0.25) is 5.28 Å². The molecule has 8 heteroatoms. The molecule has 0 saturated heterocycles. The molecule has 1 aromatic carbocycles. The van der Waals surface area contributed by atoms with E-state index < -0.39 is 17.4 Å². The van der Waals surface area contributed by atoms with Crippen LogP contribution >= 0.6 is 11.6 Å². The molecule has 0 aliphatic carbocycles. The second-order valence-corrected chi connectivity index (χ2v) is 5.96. The predicted molar refractivity (Wildman–Crippen MR) is 91.2 cm³/mol. The summed E-state index contributed by atoms with van der Waals surface area (Å²) in [4.78, 5) is 28.5. The van der Waals surface area contributed by atoms with E-state index in [4.69, 9.17) is 11.6 Å². The molecule has 3 aromatic rings. The van der Waals surface area contributed by atoms with Gasteiger partial charge in [0.15, 0.2) is 11.2 Å². The van der Waals surface area contributed by atoms with E-state index in [2.05, 4.69) is 4.98 Å². The third kappa shape index (κ3) is 2.65. The van der Waals surface area contributed by atoms with Crippen LogP contribution in [0.5, 0.6) is 0 Å². The van der Waals surface area contributed by atoms with Crippen molar-refractivity contribution >= 4 is 22.8 Å². The van der Waals surface area contributed by atoms with E-state index in [9.17, 15) is 14.7 Å². The predicted octanol–water partition coefficient (Wildman–Crippen LogP) is 1.21. The number of aryl methyl sites for hydroxylation is 2. The smallest absolute Gasteiger partial charge is 0.332 e. The molecule has 0 bridgehead atoms. The zero-order valence-electron chi connectivity index (χ0n) is 13.3. The lowest BCUT2D eigenvalue weighted by molar-refractivity contribution is 0.161. The molecule has 0 fully saturated rings. The Balaban J connectivity index is 2.00. The monoisotopic (exact) mass is 348 g/mol. The minimum absolute atomic E-state index is 0.114. The minimum atomic E-state index is -0.684. The largest absolute Gasteiger partial charge is 0.388 e. The van der Waals surface area contributed by atoms with Crippen LogP contribution < -0.4 is 11.2 Å². The highest BCUT2D eigenvalue weighted by Gasteiger charge is 2.19. The van der Waals surface area contributed by atoms with Crippen molar-refractivity contribution in [2.45, 2.75) is 19.1 Å². The average molecular weight is 349 g/mol. The Morgan fingerprint density at radius 1 is 1.17 bits per heavy atom. The van der Waals surface area contributed by atoms with Crippen LogP contribution in [-0.4, -0.2) is 23.8 Å². The van der Waals surface area contributed by atoms with Crippen molar-refractivity contribution in [3.63, 3.8) is 0 Å². The van der Waals surface area contributed by atoms with Crippen LogP contribution in [0.4, 0.5) is 0 Å². The Bertz CT molecular complexity index is 1000. The van der Waals surface area contributed by atoms with Gasteiger partial charge in [-0.15, -0.1) is 0 Å². The van der Waals surface area contributed by atoms with E-state index >= 15 is 0 Å². The van der Waals surface area contributed by atoms with Gasteiger partial charge in [-0.05, 0) is 23.6 Å². The Labute approximate surface area is 142 Å². The number of fused-ring (bicyclic) bond motifs is 1. The molecule has 24 heavy (non-hydrogen) atoms. The summed E-state index contributed by atoms with van der Waals surface area (Å²) < 4.78 is 3.84. The van der Waals surface area contributed by atoms with Crippen LogP contribution in [0, 0.1) is 0 Å². The molecule has 126 valence electrons. The fraction of sp³-hybridized carbons (Fsp3) is 0.312. The number of nitrogens with zero attached hydrogens (tertiary/aromatic N) is 4. The van der Waals surface area contributed by atoms with Gasteiger partial charge in [0, 0.05) is 20.6 Å². The first-order valence-corrected chi connectivity index (χ1v) is 7.84. The molecular formula is C16H17ClN4O3. The normalized spacial score (nSPS) is 12.7. The molecule has 0 aliphatic rings. The van der Waals surface area contributed by atoms with Gasteiger partial charge >= 0.3 is 5.69 Å².